The molecule has 0 N–H and O–H groups in total. The highest BCUT2D eigenvalue weighted by Crippen LogP contribution is 2.45. The molecule has 194 valence electrons. The van der Waals surface area contributed by atoms with E-state index in [-0.39, 0.29) is 33.0 Å². The molecule has 2 aromatic carbocycles. The molecule has 0 unspecified atom stereocenters. The number of rotatable bonds is 5. The molecule has 2 aromatic rings. The van der Waals surface area contributed by atoms with Gasteiger partial charge in [0.1, 0.15) is 23.0 Å². The van der Waals surface area contributed by atoms with E-state index in [0.717, 1.165) is 31.4 Å². The number of hydrogen-bond donors (Lipinski definition) is 0. The van der Waals surface area contributed by atoms with E-state index in [4.69, 9.17) is 18.9 Å². The maximum atomic E-state index is 13.3. The van der Waals surface area contributed by atoms with Gasteiger partial charge in [0.15, 0.2) is 0 Å². The Labute approximate surface area is 207 Å². The van der Waals surface area contributed by atoms with E-state index in [1.807, 2.05) is 6.08 Å². The summed E-state index contributed by atoms with van der Waals surface area (Å²) >= 11 is 2.84. The molecule has 0 aliphatic heterocycles. The summed E-state index contributed by atoms with van der Waals surface area (Å²) in [6.45, 7) is 0. The topological polar surface area (TPSA) is 36.9 Å². The van der Waals surface area contributed by atoms with Gasteiger partial charge in [-0.25, -0.2) is 0 Å². The maximum Gasteiger partial charge on any atom is 0.417 e. The Bertz CT molecular complexity index is 1050. The summed E-state index contributed by atoms with van der Waals surface area (Å²) in [4.78, 5) is 0. The van der Waals surface area contributed by atoms with E-state index < -0.39 is 23.5 Å². The van der Waals surface area contributed by atoms with Crippen molar-refractivity contribution >= 4 is 21.5 Å². The molecule has 0 saturated heterocycles. The van der Waals surface area contributed by atoms with E-state index in [9.17, 15) is 26.3 Å². The second kappa shape index (κ2) is 11.9. The average Bonchev–Trinajstić information content (AvgIpc) is 2.83. The van der Waals surface area contributed by atoms with Gasteiger partial charge in [-0.2, -0.15) is 26.3 Å². The molecule has 0 radical (unpaired) electrons. The molecular weight excluding hydrogens is 546 g/mol. The van der Waals surface area contributed by atoms with Crippen LogP contribution in [0.1, 0.15) is 42.4 Å². The first-order valence-electron chi connectivity index (χ1n) is 10.4. The number of alkyl halides is 6. The van der Waals surface area contributed by atoms with Crippen LogP contribution in [0.4, 0.5) is 26.3 Å². The molecule has 4 nitrogen and oxygen atoms in total. The van der Waals surface area contributed by atoms with E-state index >= 15 is 0 Å². The van der Waals surface area contributed by atoms with Gasteiger partial charge in [-0.1, -0.05) is 6.08 Å². The van der Waals surface area contributed by atoms with Crippen molar-refractivity contribution in [3.05, 3.63) is 51.5 Å². The predicted octanol–water partition coefficient (Wildman–Crippen LogP) is 8.17. The summed E-state index contributed by atoms with van der Waals surface area (Å²) < 4.78 is 97.0. The molecule has 3 rings (SSSR count). The van der Waals surface area contributed by atoms with Gasteiger partial charge in [0.2, 0.25) is 0 Å². The Hall–Kier alpha value is -2.56. The smallest absolute Gasteiger partial charge is 0.417 e. The highest BCUT2D eigenvalue weighted by molar-refractivity contribution is 9.10. The monoisotopic (exact) mass is 570 g/mol. The van der Waals surface area contributed by atoms with Crippen molar-refractivity contribution < 1.29 is 45.3 Å². The summed E-state index contributed by atoms with van der Waals surface area (Å²) in [7, 11) is 5.30. The van der Waals surface area contributed by atoms with Gasteiger partial charge in [-0.05, 0) is 59.3 Å². The van der Waals surface area contributed by atoms with Crippen molar-refractivity contribution in [2.75, 3.05) is 28.4 Å². The van der Waals surface area contributed by atoms with E-state index in [2.05, 4.69) is 15.9 Å². The zero-order valence-electron chi connectivity index (χ0n) is 19.5. The van der Waals surface area contributed by atoms with Crippen molar-refractivity contribution in [3.63, 3.8) is 0 Å². The van der Waals surface area contributed by atoms with Gasteiger partial charge >= 0.3 is 12.4 Å². The third kappa shape index (κ3) is 7.22. The number of halogens is 7. The lowest BCUT2D eigenvalue weighted by molar-refractivity contribution is -0.139. The minimum absolute atomic E-state index is 0.0849. The predicted molar refractivity (Wildman–Crippen MR) is 123 cm³/mol. The molecule has 0 saturated carbocycles. The molecule has 0 atom stereocenters. The third-order valence-corrected chi connectivity index (χ3v) is 6.04. The Morgan fingerprint density at radius 1 is 0.686 bits per heavy atom. The van der Waals surface area contributed by atoms with Crippen molar-refractivity contribution in [2.45, 2.75) is 38.0 Å². The highest BCUT2D eigenvalue weighted by atomic mass is 79.9. The van der Waals surface area contributed by atoms with Crippen LogP contribution >= 0.6 is 15.9 Å². The second-order valence-corrected chi connectivity index (χ2v) is 8.21. The summed E-state index contributed by atoms with van der Waals surface area (Å²) in [5.41, 5.74) is -0.649. The average molecular weight is 571 g/mol. The molecule has 0 heterocycles. The van der Waals surface area contributed by atoms with Crippen molar-refractivity contribution in [1.82, 2.24) is 0 Å². The number of allylic oxidation sites excluding steroid dienone is 2. The van der Waals surface area contributed by atoms with Crippen LogP contribution in [0.15, 0.2) is 34.8 Å². The fraction of sp³-hybridized carbons (Fsp3) is 0.417. The van der Waals surface area contributed by atoms with Crippen LogP contribution in [0.25, 0.3) is 5.57 Å². The summed E-state index contributed by atoms with van der Waals surface area (Å²) in [5, 5.41) is 0. The Morgan fingerprint density at radius 3 is 1.63 bits per heavy atom. The summed E-state index contributed by atoms with van der Waals surface area (Å²) in [6.07, 6.45) is -3.63. The first-order chi connectivity index (χ1) is 16.4. The number of methoxy groups -OCH3 is 4. The molecule has 0 aromatic heterocycles. The minimum Gasteiger partial charge on any atom is -0.497 e. The molecule has 1 aliphatic rings. The molecule has 11 heteroatoms. The van der Waals surface area contributed by atoms with Gasteiger partial charge in [0.25, 0.3) is 0 Å². The molecule has 1 aliphatic carbocycles. The Kier molecular flexibility index (Phi) is 9.76. The van der Waals surface area contributed by atoms with Crippen molar-refractivity contribution in [3.8, 4) is 23.0 Å². The van der Waals surface area contributed by atoms with E-state index in [1.165, 1.54) is 40.6 Å². The zero-order valence-corrected chi connectivity index (χ0v) is 21.1. The molecule has 0 bridgehead atoms. The molecule has 35 heavy (non-hydrogen) atoms. The van der Waals surface area contributed by atoms with Crippen LogP contribution < -0.4 is 18.9 Å². The summed E-state index contributed by atoms with van der Waals surface area (Å²) in [5.74, 6) is 0.545. The Balaban J connectivity index is 0.000000258. The molecule has 0 fully saturated rings. The molecule has 0 amide bonds. The largest absolute Gasteiger partial charge is 0.497 e. The van der Waals surface area contributed by atoms with Gasteiger partial charge in [-0.15, -0.1) is 0 Å². The van der Waals surface area contributed by atoms with Gasteiger partial charge in [0.05, 0.1) is 44.0 Å². The quantitative estimate of drug-likeness (QED) is 0.340. The van der Waals surface area contributed by atoms with Crippen molar-refractivity contribution in [1.29, 1.82) is 0 Å². The van der Waals surface area contributed by atoms with Crippen LogP contribution in [0, 0.1) is 0 Å². The van der Waals surface area contributed by atoms with Crippen LogP contribution in [0.2, 0.25) is 0 Å². The van der Waals surface area contributed by atoms with Crippen LogP contribution in [-0.4, -0.2) is 28.4 Å². The summed E-state index contributed by atoms with van der Waals surface area (Å²) in [6, 6.07) is 4.82. The zero-order chi connectivity index (χ0) is 26.4. The lowest BCUT2D eigenvalue weighted by Gasteiger charge is -2.21. The van der Waals surface area contributed by atoms with Gasteiger partial charge in [0, 0.05) is 17.7 Å². The fourth-order valence-electron chi connectivity index (χ4n) is 3.53. The maximum absolute atomic E-state index is 13.3. The van der Waals surface area contributed by atoms with E-state index in [0.29, 0.717) is 12.0 Å². The van der Waals surface area contributed by atoms with Crippen molar-refractivity contribution in [2.24, 2.45) is 0 Å². The highest BCUT2D eigenvalue weighted by Gasteiger charge is 2.37. The second-order valence-electron chi connectivity index (χ2n) is 7.41. The first kappa shape index (κ1) is 28.7. The number of hydrogen-bond acceptors (Lipinski definition) is 4. The molecule has 0 spiro atoms. The lowest BCUT2D eigenvalue weighted by atomic mass is 9.89. The van der Waals surface area contributed by atoms with Crippen LogP contribution in [-0.2, 0) is 12.4 Å². The normalized spacial score (nSPS) is 13.9. The van der Waals surface area contributed by atoms with Gasteiger partial charge < -0.3 is 18.9 Å². The molecular formula is C24H25BrF6O4. The van der Waals surface area contributed by atoms with Gasteiger partial charge in [-0.3, -0.25) is 0 Å². The lowest BCUT2D eigenvalue weighted by Crippen LogP contribution is -2.11. The standard InChI is InChI=1S/C15H17F3O2.C9H8BrF3O2/c1-19-11-8-12(15(16,17)18)14(13(9-11)20-2)10-6-4-3-5-7-10;1-14-5-3-6(9(11,12)13)8(10)7(4-5)15-2/h6,8-9H,3-5,7H2,1-2H3;3-4H,1-2H3. The van der Waals surface area contributed by atoms with Crippen LogP contribution in [0.3, 0.4) is 0 Å². The Morgan fingerprint density at radius 2 is 1.20 bits per heavy atom. The van der Waals surface area contributed by atoms with E-state index in [1.54, 1.807) is 0 Å². The minimum atomic E-state index is -4.44. The number of ether oxygens (including phenoxy) is 4. The fourth-order valence-corrected chi connectivity index (χ4v) is 4.15. The number of benzene rings is 2. The van der Waals surface area contributed by atoms with Crippen LogP contribution in [0.5, 0.6) is 23.0 Å². The first-order valence-corrected chi connectivity index (χ1v) is 11.2. The third-order valence-electron chi connectivity index (χ3n) is 5.22. The SMILES string of the molecule is COc1cc(OC)c(Br)c(C(F)(F)F)c1.COc1cc(OC)c(C2=CCCCC2)c(C(F)(F)F)c1.